The second-order valence-corrected chi connectivity index (χ2v) is 7.28. The Bertz CT molecular complexity index is 880. The summed E-state index contributed by atoms with van der Waals surface area (Å²) in [5.41, 5.74) is 3.44. The average molecular weight is 389 g/mol. The Balaban J connectivity index is 1.37. The van der Waals surface area contributed by atoms with Gasteiger partial charge in [0.05, 0.1) is 0 Å². The van der Waals surface area contributed by atoms with Gasteiger partial charge < -0.3 is 15.0 Å². The minimum Gasteiger partial charge on any atom is -0.483 e. The third-order valence-electron chi connectivity index (χ3n) is 5.03. The normalized spacial score (nSPS) is 16.2. The highest BCUT2D eigenvalue weighted by molar-refractivity contribution is 6.30. The smallest absolute Gasteiger partial charge is 0.272 e. The van der Waals surface area contributed by atoms with E-state index in [0.717, 1.165) is 42.5 Å². The van der Waals surface area contributed by atoms with E-state index in [1.807, 2.05) is 0 Å². The van der Waals surface area contributed by atoms with Gasteiger partial charge in [0.15, 0.2) is 12.3 Å². The zero-order valence-electron chi connectivity index (χ0n) is 14.9. The molecule has 0 spiro atoms. The van der Waals surface area contributed by atoms with Crippen LogP contribution in [0.1, 0.15) is 40.2 Å². The van der Waals surface area contributed by atoms with Crippen LogP contribution >= 0.6 is 11.6 Å². The predicted molar refractivity (Wildman–Crippen MR) is 99.9 cm³/mol. The van der Waals surface area contributed by atoms with Crippen LogP contribution in [0.3, 0.4) is 0 Å². The summed E-state index contributed by atoms with van der Waals surface area (Å²) in [6.07, 6.45) is 4.03. The number of benzene rings is 1. The Morgan fingerprint density at radius 2 is 2.19 bits per heavy atom. The first-order valence-corrected chi connectivity index (χ1v) is 9.53. The third-order valence-corrected chi connectivity index (χ3v) is 5.26. The maximum atomic E-state index is 12.5. The minimum atomic E-state index is -0.198. The fourth-order valence-electron chi connectivity index (χ4n) is 3.60. The van der Waals surface area contributed by atoms with Gasteiger partial charge in [0, 0.05) is 41.5 Å². The molecule has 7 nitrogen and oxygen atoms in total. The van der Waals surface area contributed by atoms with Gasteiger partial charge in [0.25, 0.3) is 11.8 Å². The molecule has 2 aliphatic rings. The van der Waals surface area contributed by atoms with Gasteiger partial charge in [-0.05, 0) is 43.9 Å². The number of halogens is 1. The van der Waals surface area contributed by atoms with Crippen LogP contribution in [0.15, 0.2) is 18.2 Å². The lowest BCUT2D eigenvalue weighted by Crippen LogP contribution is -2.39. The van der Waals surface area contributed by atoms with Crippen LogP contribution < -0.4 is 10.1 Å². The minimum absolute atomic E-state index is 0.0184. The second kappa shape index (κ2) is 7.60. The van der Waals surface area contributed by atoms with Gasteiger partial charge >= 0.3 is 0 Å². The maximum absolute atomic E-state index is 12.5. The molecule has 1 aromatic carbocycles. The Hall–Kier alpha value is -2.54. The Labute approximate surface area is 162 Å². The summed E-state index contributed by atoms with van der Waals surface area (Å²) in [5.74, 6) is 0.354. The van der Waals surface area contributed by atoms with E-state index >= 15 is 0 Å². The predicted octanol–water partition coefficient (Wildman–Crippen LogP) is 2.09. The van der Waals surface area contributed by atoms with Crippen molar-refractivity contribution in [3.8, 4) is 5.75 Å². The van der Waals surface area contributed by atoms with E-state index in [-0.39, 0.29) is 18.4 Å². The van der Waals surface area contributed by atoms with E-state index in [9.17, 15) is 9.59 Å². The summed E-state index contributed by atoms with van der Waals surface area (Å²) in [4.78, 5) is 26.4. The van der Waals surface area contributed by atoms with Gasteiger partial charge in [-0.15, -0.1) is 0 Å². The number of aromatic nitrogens is 2. The molecule has 142 valence electrons. The molecule has 2 heterocycles. The van der Waals surface area contributed by atoms with Crippen molar-refractivity contribution in [2.75, 3.05) is 19.7 Å². The van der Waals surface area contributed by atoms with Gasteiger partial charge in [0.1, 0.15) is 5.75 Å². The number of fused-ring (bicyclic) bond motifs is 2. The zero-order chi connectivity index (χ0) is 18.8. The van der Waals surface area contributed by atoms with Crippen LogP contribution in [0, 0.1) is 0 Å². The van der Waals surface area contributed by atoms with Crippen molar-refractivity contribution in [3.05, 3.63) is 45.7 Å². The van der Waals surface area contributed by atoms with Crippen molar-refractivity contribution in [2.45, 2.75) is 32.2 Å². The first-order chi connectivity index (χ1) is 13.1. The Morgan fingerprint density at radius 1 is 1.33 bits per heavy atom. The number of rotatable bonds is 4. The molecule has 0 saturated heterocycles. The van der Waals surface area contributed by atoms with Gasteiger partial charge in [-0.25, -0.2) is 0 Å². The first kappa shape index (κ1) is 17.9. The number of aromatic amines is 1. The van der Waals surface area contributed by atoms with E-state index in [1.165, 1.54) is 0 Å². The molecular formula is C19H21ClN4O3. The second-order valence-electron chi connectivity index (χ2n) is 6.85. The highest BCUT2D eigenvalue weighted by Gasteiger charge is 2.23. The highest BCUT2D eigenvalue weighted by Crippen LogP contribution is 2.26. The number of aryl methyl sites for hydroxylation is 1. The maximum Gasteiger partial charge on any atom is 0.272 e. The molecule has 0 radical (unpaired) electrons. The fourth-order valence-corrected chi connectivity index (χ4v) is 3.79. The molecule has 0 fully saturated rings. The van der Waals surface area contributed by atoms with E-state index in [1.54, 1.807) is 23.1 Å². The van der Waals surface area contributed by atoms with E-state index in [4.69, 9.17) is 16.3 Å². The zero-order valence-corrected chi connectivity index (χ0v) is 15.6. The standard InChI is InChI=1S/C19H21ClN4O3/c20-13-5-6-16-12(9-13)10-24(17(25)11-27-16)8-7-21-19(26)18-14-3-1-2-4-15(14)22-23-18/h5-6,9H,1-4,7-8,10-11H2,(H,21,26)(H,22,23). The number of amides is 2. The summed E-state index contributed by atoms with van der Waals surface area (Å²) in [6.45, 7) is 1.13. The third kappa shape index (κ3) is 3.78. The van der Waals surface area contributed by atoms with Crippen LogP contribution in [-0.2, 0) is 24.2 Å². The molecule has 8 heteroatoms. The van der Waals surface area contributed by atoms with Crippen molar-refractivity contribution >= 4 is 23.4 Å². The van der Waals surface area contributed by atoms with Gasteiger partial charge in [0.2, 0.25) is 0 Å². The van der Waals surface area contributed by atoms with Crippen molar-refractivity contribution in [2.24, 2.45) is 0 Å². The molecule has 0 unspecified atom stereocenters. The molecule has 1 aliphatic heterocycles. The highest BCUT2D eigenvalue weighted by atomic mass is 35.5. The number of nitrogens with zero attached hydrogens (tertiary/aromatic N) is 2. The number of hydrogen-bond donors (Lipinski definition) is 2. The fraction of sp³-hybridized carbons (Fsp3) is 0.421. The van der Waals surface area contributed by atoms with Crippen LogP contribution in [0.4, 0.5) is 0 Å². The van der Waals surface area contributed by atoms with E-state index < -0.39 is 0 Å². The van der Waals surface area contributed by atoms with Crippen LogP contribution in [-0.4, -0.2) is 46.6 Å². The van der Waals surface area contributed by atoms with Gasteiger partial charge in [-0.2, -0.15) is 5.10 Å². The molecular weight excluding hydrogens is 368 g/mol. The SMILES string of the molecule is O=C(NCCN1Cc2cc(Cl)ccc2OCC1=O)c1n[nH]c2c1CCCC2. The van der Waals surface area contributed by atoms with Crippen molar-refractivity contribution in [1.29, 1.82) is 0 Å². The number of H-pyrrole nitrogens is 1. The quantitative estimate of drug-likeness (QED) is 0.839. The van der Waals surface area contributed by atoms with Crippen LogP contribution in [0.25, 0.3) is 0 Å². The first-order valence-electron chi connectivity index (χ1n) is 9.15. The van der Waals surface area contributed by atoms with E-state index in [0.29, 0.717) is 36.1 Å². The lowest BCUT2D eigenvalue weighted by atomic mass is 9.96. The summed E-state index contributed by atoms with van der Waals surface area (Å²) >= 11 is 6.05. The molecule has 0 bridgehead atoms. The molecule has 1 aromatic heterocycles. The molecule has 2 amide bonds. The lowest BCUT2D eigenvalue weighted by Gasteiger charge is -2.20. The topological polar surface area (TPSA) is 87.3 Å². The monoisotopic (exact) mass is 388 g/mol. The number of nitrogens with one attached hydrogen (secondary N) is 2. The number of carbonyl (C=O) groups excluding carboxylic acids is 2. The van der Waals surface area contributed by atoms with E-state index in [2.05, 4.69) is 15.5 Å². The van der Waals surface area contributed by atoms with Gasteiger partial charge in [-0.1, -0.05) is 11.6 Å². The number of carbonyl (C=O) groups is 2. The molecule has 2 aromatic rings. The van der Waals surface area contributed by atoms with Crippen molar-refractivity contribution in [1.82, 2.24) is 20.4 Å². The van der Waals surface area contributed by atoms with Crippen molar-refractivity contribution < 1.29 is 14.3 Å². The average Bonchev–Trinajstić information content (AvgIpc) is 3.03. The molecule has 1 aliphatic carbocycles. The number of hydrogen-bond acceptors (Lipinski definition) is 4. The van der Waals surface area contributed by atoms with Gasteiger partial charge in [-0.3, -0.25) is 14.7 Å². The summed E-state index contributed by atoms with van der Waals surface area (Å²) in [7, 11) is 0. The van der Waals surface area contributed by atoms with Crippen LogP contribution in [0.5, 0.6) is 5.75 Å². The van der Waals surface area contributed by atoms with Crippen LogP contribution in [0.2, 0.25) is 5.02 Å². The number of ether oxygens (including phenoxy) is 1. The van der Waals surface area contributed by atoms with Crippen molar-refractivity contribution in [3.63, 3.8) is 0 Å². The molecule has 27 heavy (non-hydrogen) atoms. The summed E-state index contributed by atoms with van der Waals surface area (Å²) in [6, 6.07) is 5.32. The molecule has 0 atom stereocenters. The summed E-state index contributed by atoms with van der Waals surface area (Å²) < 4.78 is 5.54. The summed E-state index contributed by atoms with van der Waals surface area (Å²) in [5, 5.41) is 10.6. The lowest BCUT2D eigenvalue weighted by molar-refractivity contribution is -0.133. The Morgan fingerprint density at radius 3 is 3.07 bits per heavy atom. The molecule has 2 N–H and O–H groups in total. The largest absolute Gasteiger partial charge is 0.483 e. The molecule has 4 rings (SSSR count). The molecule has 0 saturated carbocycles. The Kier molecular flexibility index (Phi) is 5.03.